The van der Waals surface area contributed by atoms with Crippen LogP contribution >= 0.6 is 0 Å². The average molecular weight is 303 g/mol. The lowest BCUT2D eigenvalue weighted by atomic mass is 10.4. The van der Waals surface area contributed by atoms with E-state index in [2.05, 4.69) is 15.5 Å². The summed E-state index contributed by atoms with van der Waals surface area (Å²) in [5.74, 6) is -0.356. The van der Waals surface area contributed by atoms with Crippen molar-refractivity contribution in [2.45, 2.75) is 31.6 Å². The summed E-state index contributed by atoms with van der Waals surface area (Å²) in [5.41, 5.74) is 5.55. The van der Waals surface area contributed by atoms with Crippen LogP contribution in [0.2, 0.25) is 0 Å². The fourth-order valence-corrected chi connectivity index (χ4v) is 3.14. The van der Waals surface area contributed by atoms with Gasteiger partial charge in [-0.25, -0.2) is 8.42 Å². The molecule has 1 aromatic heterocycles. The normalized spacial score (nSPS) is 11.8. The summed E-state index contributed by atoms with van der Waals surface area (Å²) >= 11 is 0. The molecule has 1 aromatic rings. The molecule has 20 heavy (non-hydrogen) atoms. The molecule has 0 saturated heterocycles. The first-order chi connectivity index (χ1) is 9.43. The third kappa shape index (κ3) is 3.94. The predicted molar refractivity (Wildman–Crippen MR) is 75.4 cm³/mol. The van der Waals surface area contributed by atoms with Crippen molar-refractivity contribution >= 4 is 21.7 Å². The third-order valence-electron chi connectivity index (χ3n) is 2.62. The number of carbonyl (C=O) groups is 1. The van der Waals surface area contributed by atoms with E-state index < -0.39 is 10.0 Å². The van der Waals surface area contributed by atoms with E-state index in [9.17, 15) is 13.2 Å². The number of carbonyl (C=O) groups excluding carboxylic acids is 1. The number of nitrogens with zero attached hydrogens (tertiary/aromatic N) is 2. The van der Waals surface area contributed by atoms with Crippen LogP contribution in [0.3, 0.4) is 0 Å². The molecule has 1 rings (SSSR count). The maximum Gasteiger partial charge on any atom is 0.248 e. The summed E-state index contributed by atoms with van der Waals surface area (Å²) in [6, 6.07) is 0. The summed E-state index contributed by atoms with van der Waals surface area (Å²) in [4.78, 5) is 11.6. The van der Waals surface area contributed by atoms with E-state index in [1.54, 1.807) is 0 Å². The number of nitrogens with two attached hydrogens (primary N) is 1. The van der Waals surface area contributed by atoms with E-state index in [1.807, 2.05) is 13.8 Å². The van der Waals surface area contributed by atoms with Gasteiger partial charge >= 0.3 is 0 Å². The lowest BCUT2D eigenvalue weighted by Gasteiger charge is -2.20. The number of aromatic nitrogens is 2. The molecular weight excluding hydrogens is 282 g/mol. The number of amides is 1. The van der Waals surface area contributed by atoms with Crippen LogP contribution in [0.15, 0.2) is 11.1 Å². The Kier molecular flexibility index (Phi) is 5.96. The Labute approximate surface area is 118 Å². The SMILES string of the molecule is CCCNC(=O)CN(CCC)S(=O)(=O)c1cn[nH]c1N. The Balaban J connectivity index is 2.90. The standard InChI is InChI=1S/C11H21N5O3S/c1-3-5-13-10(17)8-16(6-4-2)20(18,19)9-7-14-15-11(9)12/h7H,3-6,8H2,1-2H3,(H,13,17)(H3,12,14,15). The summed E-state index contributed by atoms with van der Waals surface area (Å²) in [6.45, 7) is 4.30. The highest BCUT2D eigenvalue weighted by Crippen LogP contribution is 2.19. The number of nitrogen functional groups attached to an aromatic ring is 1. The number of sulfonamides is 1. The molecule has 0 aliphatic heterocycles. The largest absolute Gasteiger partial charge is 0.383 e. The molecule has 0 spiro atoms. The maximum absolute atomic E-state index is 12.4. The van der Waals surface area contributed by atoms with Crippen LogP contribution in [0, 0.1) is 0 Å². The minimum Gasteiger partial charge on any atom is -0.383 e. The number of hydrogen-bond acceptors (Lipinski definition) is 5. The molecule has 0 aliphatic rings. The van der Waals surface area contributed by atoms with Gasteiger partial charge in [-0.1, -0.05) is 13.8 Å². The highest BCUT2D eigenvalue weighted by molar-refractivity contribution is 7.89. The monoisotopic (exact) mass is 303 g/mol. The van der Waals surface area contributed by atoms with Gasteiger partial charge in [0.05, 0.1) is 12.7 Å². The number of rotatable bonds is 8. The molecule has 9 heteroatoms. The lowest BCUT2D eigenvalue weighted by molar-refractivity contribution is -0.121. The van der Waals surface area contributed by atoms with Gasteiger partial charge in [0.15, 0.2) is 0 Å². The summed E-state index contributed by atoms with van der Waals surface area (Å²) in [6.07, 6.45) is 2.54. The van der Waals surface area contributed by atoms with E-state index in [1.165, 1.54) is 0 Å². The van der Waals surface area contributed by atoms with Crippen molar-refractivity contribution in [3.8, 4) is 0 Å². The van der Waals surface area contributed by atoms with Crippen LogP contribution in [0.1, 0.15) is 26.7 Å². The molecular formula is C11H21N5O3S. The second kappa shape index (κ2) is 7.25. The van der Waals surface area contributed by atoms with Gasteiger partial charge in [-0.3, -0.25) is 9.89 Å². The minimum atomic E-state index is -3.82. The van der Waals surface area contributed by atoms with Crippen LogP contribution in [-0.4, -0.2) is 48.5 Å². The lowest BCUT2D eigenvalue weighted by Crippen LogP contribution is -2.41. The van der Waals surface area contributed by atoms with Gasteiger partial charge in [0.25, 0.3) is 0 Å². The fraction of sp³-hybridized carbons (Fsp3) is 0.636. The first-order valence-corrected chi connectivity index (χ1v) is 7.93. The second-order valence-electron chi connectivity index (χ2n) is 4.34. The van der Waals surface area contributed by atoms with Crippen LogP contribution < -0.4 is 11.1 Å². The quantitative estimate of drug-likeness (QED) is 0.620. The van der Waals surface area contributed by atoms with E-state index in [0.717, 1.165) is 16.9 Å². The minimum absolute atomic E-state index is 0.0277. The van der Waals surface area contributed by atoms with Crippen LogP contribution in [-0.2, 0) is 14.8 Å². The van der Waals surface area contributed by atoms with E-state index in [0.29, 0.717) is 13.0 Å². The topological polar surface area (TPSA) is 121 Å². The van der Waals surface area contributed by atoms with Gasteiger partial charge in [-0.2, -0.15) is 9.40 Å². The highest BCUT2D eigenvalue weighted by Gasteiger charge is 2.28. The number of hydrogen-bond donors (Lipinski definition) is 3. The zero-order valence-corrected chi connectivity index (χ0v) is 12.5. The van der Waals surface area contributed by atoms with Crippen molar-refractivity contribution in [2.75, 3.05) is 25.4 Å². The van der Waals surface area contributed by atoms with Gasteiger partial charge in [0, 0.05) is 13.1 Å². The summed E-state index contributed by atoms with van der Waals surface area (Å²) in [7, 11) is -3.82. The molecule has 0 saturated carbocycles. The van der Waals surface area contributed by atoms with Gasteiger partial charge in [-0.15, -0.1) is 0 Å². The van der Waals surface area contributed by atoms with Gasteiger partial charge < -0.3 is 11.1 Å². The zero-order valence-electron chi connectivity index (χ0n) is 11.7. The molecule has 0 unspecified atom stereocenters. The predicted octanol–water partition coefficient (Wildman–Crippen LogP) is -0.0812. The van der Waals surface area contributed by atoms with Gasteiger partial charge in [0.1, 0.15) is 10.7 Å². The molecule has 4 N–H and O–H groups in total. The molecule has 0 aliphatic carbocycles. The second-order valence-corrected chi connectivity index (χ2v) is 6.24. The van der Waals surface area contributed by atoms with E-state index >= 15 is 0 Å². The Morgan fingerprint density at radius 1 is 1.45 bits per heavy atom. The number of aromatic amines is 1. The van der Waals surface area contributed by atoms with Gasteiger partial charge in [-0.05, 0) is 12.8 Å². The molecule has 1 heterocycles. The van der Waals surface area contributed by atoms with Crippen molar-refractivity contribution < 1.29 is 13.2 Å². The molecule has 0 bridgehead atoms. The first-order valence-electron chi connectivity index (χ1n) is 6.49. The Bertz CT molecular complexity index is 540. The first kappa shape index (κ1) is 16.4. The zero-order chi connectivity index (χ0) is 15.2. The third-order valence-corrected chi connectivity index (χ3v) is 4.49. The van der Waals surface area contributed by atoms with Crippen molar-refractivity contribution in [1.29, 1.82) is 0 Å². The highest BCUT2D eigenvalue weighted by atomic mass is 32.2. The molecule has 8 nitrogen and oxygen atoms in total. The van der Waals surface area contributed by atoms with Crippen LogP contribution in [0.5, 0.6) is 0 Å². The molecule has 0 aromatic carbocycles. The summed E-state index contributed by atoms with van der Waals surface area (Å²) in [5, 5.41) is 8.64. The fourth-order valence-electron chi connectivity index (χ4n) is 1.64. The Morgan fingerprint density at radius 3 is 2.65 bits per heavy atom. The van der Waals surface area contributed by atoms with E-state index in [4.69, 9.17) is 5.73 Å². The molecule has 0 radical (unpaired) electrons. The van der Waals surface area contributed by atoms with Crippen LogP contribution in [0.4, 0.5) is 5.82 Å². The van der Waals surface area contributed by atoms with Crippen molar-refractivity contribution in [2.24, 2.45) is 0 Å². The Morgan fingerprint density at radius 2 is 2.15 bits per heavy atom. The average Bonchev–Trinajstić information content (AvgIpc) is 2.82. The molecule has 0 fully saturated rings. The maximum atomic E-state index is 12.4. The van der Waals surface area contributed by atoms with E-state index in [-0.39, 0.29) is 29.7 Å². The number of nitrogens with one attached hydrogen (secondary N) is 2. The van der Waals surface area contributed by atoms with Crippen molar-refractivity contribution in [3.63, 3.8) is 0 Å². The van der Waals surface area contributed by atoms with Gasteiger partial charge in [0.2, 0.25) is 15.9 Å². The molecule has 0 atom stereocenters. The molecule has 1 amide bonds. The van der Waals surface area contributed by atoms with Crippen LogP contribution in [0.25, 0.3) is 0 Å². The number of anilines is 1. The van der Waals surface area contributed by atoms with Crippen molar-refractivity contribution in [1.82, 2.24) is 19.8 Å². The number of H-pyrrole nitrogens is 1. The summed E-state index contributed by atoms with van der Waals surface area (Å²) < 4.78 is 25.9. The molecule has 114 valence electrons. The Hall–Kier alpha value is -1.61. The smallest absolute Gasteiger partial charge is 0.248 e. The van der Waals surface area contributed by atoms with Crippen molar-refractivity contribution in [3.05, 3.63) is 6.20 Å².